The highest BCUT2D eigenvalue weighted by Gasteiger charge is 2.23. The van der Waals surface area contributed by atoms with Gasteiger partial charge in [-0.1, -0.05) is 18.9 Å². The van der Waals surface area contributed by atoms with Gasteiger partial charge in [-0.05, 0) is 68.7 Å². The Bertz CT molecular complexity index is 695. The van der Waals surface area contributed by atoms with E-state index in [9.17, 15) is 14.4 Å². The molecule has 6 heteroatoms. The minimum absolute atomic E-state index is 0.121. The lowest BCUT2D eigenvalue weighted by Crippen LogP contribution is -2.47. The van der Waals surface area contributed by atoms with E-state index >= 15 is 0 Å². The summed E-state index contributed by atoms with van der Waals surface area (Å²) in [4.78, 5) is 36.2. The maximum atomic E-state index is 12.3. The molecule has 3 amide bonds. The standard InChI is InChI=1S/C20H26N2O4/c1-13(18(23)22-20(25)21-17-8-4-5-9-17)26-19(24)16-11-10-14-6-2-3-7-15(14)12-16/h10-13,17H,2-9H2,1H3,(H2,21,22,23,25)/t13-/m1/s1. The van der Waals surface area contributed by atoms with Crippen molar-refractivity contribution in [1.82, 2.24) is 10.6 Å². The number of carbonyl (C=O) groups excluding carboxylic acids is 3. The van der Waals surface area contributed by atoms with Crippen molar-refractivity contribution in [2.75, 3.05) is 0 Å². The minimum atomic E-state index is -1.03. The van der Waals surface area contributed by atoms with Crippen LogP contribution in [0.2, 0.25) is 0 Å². The highest BCUT2D eigenvalue weighted by Crippen LogP contribution is 2.22. The number of esters is 1. The summed E-state index contributed by atoms with van der Waals surface area (Å²) in [6.45, 7) is 1.47. The number of hydrogen-bond acceptors (Lipinski definition) is 4. The Hall–Kier alpha value is -2.37. The van der Waals surface area contributed by atoms with E-state index in [2.05, 4.69) is 10.6 Å². The topological polar surface area (TPSA) is 84.5 Å². The molecule has 0 radical (unpaired) electrons. The minimum Gasteiger partial charge on any atom is -0.449 e. The summed E-state index contributed by atoms with van der Waals surface area (Å²) in [5.41, 5.74) is 2.90. The summed E-state index contributed by atoms with van der Waals surface area (Å²) >= 11 is 0. The van der Waals surface area contributed by atoms with Crippen LogP contribution >= 0.6 is 0 Å². The Morgan fingerprint density at radius 2 is 1.73 bits per heavy atom. The van der Waals surface area contributed by atoms with Crippen molar-refractivity contribution in [3.05, 3.63) is 34.9 Å². The predicted octanol–water partition coefficient (Wildman–Crippen LogP) is 2.88. The van der Waals surface area contributed by atoms with Gasteiger partial charge in [0, 0.05) is 6.04 Å². The summed E-state index contributed by atoms with van der Waals surface area (Å²) in [5, 5.41) is 5.02. The normalized spacial score (nSPS) is 17.9. The molecule has 1 saturated carbocycles. The van der Waals surface area contributed by atoms with Crippen LogP contribution < -0.4 is 10.6 Å². The van der Waals surface area contributed by atoms with Crippen LogP contribution in [0.25, 0.3) is 0 Å². The highest BCUT2D eigenvalue weighted by molar-refractivity contribution is 5.98. The number of aryl methyl sites for hydroxylation is 2. The highest BCUT2D eigenvalue weighted by atomic mass is 16.5. The molecular formula is C20H26N2O4. The van der Waals surface area contributed by atoms with E-state index in [4.69, 9.17) is 4.74 Å². The Balaban J connectivity index is 1.51. The number of fused-ring (bicyclic) bond motifs is 1. The maximum Gasteiger partial charge on any atom is 0.338 e. The van der Waals surface area contributed by atoms with Crippen LogP contribution in [0.15, 0.2) is 18.2 Å². The van der Waals surface area contributed by atoms with Gasteiger partial charge >= 0.3 is 12.0 Å². The van der Waals surface area contributed by atoms with Gasteiger partial charge in [-0.25, -0.2) is 9.59 Å². The summed E-state index contributed by atoms with van der Waals surface area (Å²) in [7, 11) is 0. The first kappa shape index (κ1) is 18.4. The molecule has 2 aliphatic carbocycles. The van der Waals surface area contributed by atoms with Gasteiger partial charge in [0.2, 0.25) is 0 Å². The fourth-order valence-electron chi connectivity index (χ4n) is 3.65. The number of benzene rings is 1. The average Bonchev–Trinajstić information content (AvgIpc) is 3.13. The van der Waals surface area contributed by atoms with Crippen LogP contribution in [0.3, 0.4) is 0 Å². The van der Waals surface area contributed by atoms with Crippen molar-refractivity contribution in [3.63, 3.8) is 0 Å². The molecule has 0 aliphatic heterocycles. The van der Waals surface area contributed by atoms with Gasteiger partial charge < -0.3 is 10.1 Å². The number of carbonyl (C=O) groups is 3. The first-order valence-electron chi connectivity index (χ1n) is 9.47. The molecule has 0 spiro atoms. The molecule has 2 aliphatic rings. The number of ether oxygens (including phenoxy) is 1. The van der Waals surface area contributed by atoms with Crippen molar-refractivity contribution in [2.45, 2.75) is 70.4 Å². The number of imide groups is 1. The van der Waals surface area contributed by atoms with E-state index in [-0.39, 0.29) is 6.04 Å². The SMILES string of the molecule is C[C@@H](OC(=O)c1ccc2c(c1)CCCC2)C(=O)NC(=O)NC1CCCC1. The summed E-state index contributed by atoms with van der Waals surface area (Å²) in [6, 6.07) is 5.15. The number of nitrogens with one attached hydrogen (secondary N) is 2. The molecule has 1 aromatic carbocycles. The van der Waals surface area contributed by atoms with Crippen LogP contribution in [-0.4, -0.2) is 30.1 Å². The van der Waals surface area contributed by atoms with Gasteiger partial charge in [0.15, 0.2) is 6.10 Å². The number of rotatable bonds is 4. The van der Waals surface area contributed by atoms with Crippen LogP contribution in [0.5, 0.6) is 0 Å². The Labute approximate surface area is 153 Å². The van der Waals surface area contributed by atoms with Crippen LogP contribution in [0.1, 0.15) is 66.9 Å². The lowest BCUT2D eigenvalue weighted by molar-refractivity contribution is -0.127. The first-order chi connectivity index (χ1) is 12.5. The molecule has 1 fully saturated rings. The molecule has 6 nitrogen and oxygen atoms in total. The quantitative estimate of drug-likeness (QED) is 0.811. The zero-order chi connectivity index (χ0) is 18.5. The monoisotopic (exact) mass is 358 g/mol. The predicted molar refractivity (Wildman–Crippen MR) is 96.9 cm³/mol. The molecule has 140 valence electrons. The number of amides is 3. The van der Waals surface area contributed by atoms with E-state index in [1.807, 2.05) is 12.1 Å². The molecule has 0 unspecified atom stereocenters. The van der Waals surface area contributed by atoms with Gasteiger partial charge in [0.05, 0.1) is 5.56 Å². The van der Waals surface area contributed by atoms with Gasteiger partial charge in [-0.2, -0.15) is 0 Å². The van der Waals surface area contributed by atoms with Crippen molar-refractivity contribution < 1.29 is 19.1 Å². The van der Waals surface area contributed by atoms with Crippen LogP contribution in [-0.2, 0) is 22.4 Å². The van der Waals surface area contributed by atoms with Crippen molar-refractivity contribution >= 4 is 17.9 Å². The van der Waals surface area contributed by atoms with E-state index in [1.165, 1.54) is 24.5 Å². The zero-order valence-electron chi connectivity index (χ0n) is 15.2. The number of urea groups is 1. The van der Waals surface area contributed by atoms with Gasteiger partial charge in [-0.3, -0.25) is 10.1 Å². The third kappa shape index (κ3) is 4.62. The van der Waals surface area contributed by atoms with Crippen molar-refractivity contribution in [3.8, 4) is 0 Å². The van der Waals surface area contributed by atoms with Gasteiger partial charge in [0.25, 0.3) is 5.91 Å². The van der Waals surface area contributed by atoms with E-state index in [0.29, 0.717) is 5.56 Å². The molecule has 0 bridgehead atoms. The second kappa shape index (κ2) is 8.34. The van der Waals surface area contributed by atoms with Crippen LogP contribution in [0, 0.1) is 0 Å². The third-order valence-corrected chi connectivity index (χ3v) is 5.16. The Morgan fingerprint density at radius 1 is 1.04 bits per heavy atom. The average molecular weight is 358 g/mol. The fraction of sp³-hybridized carbons (Fsp3) is 0.550. The third-order valence-electron chi connectivity index (χ3n) is 5.16. The lowest BCUT2D eigenvalue weighted by atomic mass is 9.90. The molecule has 26 heavy (non-hydrogen) atoms. The maximum absolute atomic E-state index is 12.3. The molecule has 0 heterocycles. The fourth-order valence-corrected chi connectivity index (χ4v) is 3.65. The molecule has 1 atom stereocenters. The van der Waals surface area contributed by atoms with E-state index in [0.717, 1.165) is 44.9 Å². The second-order valence-electron chi connectivity index (χ2n) is 7.18. The smallest absolute Gasteiger partial charge is 0.338 e. The van der Waals surface area contributed by atoms with Crippen molar-refractivity contribution in [1.29, 1.82) is 0 Å². The Morgan fingerprint density at radius 3 is 2.46 bits per heavy atom. The lowest BCUT2D eigenvalue weighted by Gasteiger charge is -2.18. The molecular weight excluding hydrogens is 332 g/mol. The summed E-state index contributed by atoms with van der Waals surface area (Å²) in [5.74, 6) is -1.16. The van der Waals surface area contributed by atoms with E-state index in [1.54, 1.807) is 6.07 Å². The zero-order valence-corrected chi connectivity index (χ0v) is 15.2. The van der Waals surface area contributed by atoms with Crippen molar-refractivity contribution in [2.24, 2.45) is 0 Å². The molecule has 0 saturated heterocycles. The van der Waals surface area contributed by atoms with Gasteiger partial charge in [-0.15, -0.1) is 0 Å². The van der Waals surface area contributed by atoms with Crippen LogP contribution in [0.4, 0.5) is 4.79 Å². The summed E-state index contributed by atoms with van der Waals surface area (Å²) < 4.78 is 5.23. The Kier molecular flexibility index (Phi) is 5.91. The van der Waals surface area contributed by atoms with E-state index < -0.39 is 24.0 Å². The number of hydrogen-bond donors (Lipinski definition) is 2. The van der Waals surface area contributed by atoms with Gasteiger partial charge in [0.1, 0.15) is 0 Å². The molecule has 3 rings (SSSR count). The second-order valence-corrected chi connectivity index (χ2v) is 7.18. The largest absolute Gasteiger partial charge is 0.449 e. The first-order valence-corrected chi connectivity index (χ1v) is 9.47. The molecule has 2 N–H and O–H groups in total. The molecule has 1 aromatic rings. The summed E-state index contributed by atoms with van der Waals surface area (Å²) in [6.07, 6.45) is 7.33. The molecule has 0 aromatic heterocycles.